The van der Waals surface area contributed by atoms with Crippen molar-refractivity contribution in [2.24, 2.45) is 0 Å². The van der Waals surface area contributed by atoms with Gasteiger partial charge in [0.05, 0.1) is 29.1 Å². The van der Waals surface area contributed by atoms with Crippen LogP contribution in [0.3, 0.4) is 0 Å². The molecule has 0 spiro atoms. The third-order valence-electron chi connectivity index (χ3n) is 3.65. The average molecular weight is 297 g/mol. The molecule has 1 aliphatic heterocycles. The first kappa shape index (κ1) is 15.3. The summed E-state index contributed by atoms with van der Waals surface area (Å²) in [6.45, 7) is 6.41. The van der Waals surface area contributed by atoms with E-state index in [0.717, 1.165) is 24.5 Å². The molecule has 2 heterocycles. The van der Waals surface area contributed by atoms with Crippen LogP contribution in [-0.2, 0) is 9.84 Å². The van der Waals surface area contributed by atoms with Crippen LogP contribution in [0.25, 0.3) is 0 Å². The number of nitrogens with one attached hydrogen (secondary N) is 1. The molecule has 1 aromatic heterocycles. The predicted molar refractivity (Wildman–Crippen MR) is 81.8 cm³/mol. The van der Waals surface area contributed by atoms with Crippen LogP contribution in [-0.4, -0.2) is 44.5 Å². The van der Waals surface area contributed by atoms with Crippen molar-refractivity contribution in [1.82, 2.24) is 10.3 Å². The van der Waals surface area contributed by atoms with Crippen molar-refractivity contribution in [1.29, 1.82) is 0 Å². The van der Waals surface area contributed by atoms with Crippen LogP contribution in [0.2, 0.25) is 0 Å². The molecule has 5 nitrogen and oxygen atoms in total. The summed E-state index contributed by atoms with van der Waals surface area (Å²) >= 11 is 0. The minimum Gasteiger partial charge on any atom is -0.369 e. The summed E-state index contributed by atoms with van der Waals surface area (Å²) in [5.41, 5.74) is 2.02. The summed E-state index contributed by atoms with van der Waals surface area (Å²) in [6, 6.07) is 4.29. The highest BCUT2D eigenvalue weighted by Gasteiger charge is 2.19. The number of sulfone groups is 1. The van der Waals surface area contributed by atoms with E-state index >= 15 is 0 Å². The summed E-state index contributed by atoms with van der Waals surface area (Å²) in [5, 5.41) is 3.33. The Morgan fingerprint density at radius 1 is 1.35 bits per heavy atom. The van der Waals surface area contributed by atoms with Gasteiger partial charge >= 0.3 is 0 Å². The van der Waals surface area contributed by atoms with E-state index in [1.807, 2.05) is 18.3 Å². The Morgan fingerprint density at radius 2 is 2.15 bits per heavy atom. The first-order valence-corrected chi connectivity index (χ1v) is 8.98. The Labute approximate surface area is 121 Å². The Kier molecular flexibility index (Phi) is 4.99. The number of hydrogen-bond acceptors (Lipinski definition) is 5. The summed E-state index contributed by atoms with van der Waals surface area (Å²) in [7, 11) is -2.86. The van der Waals surface area contributed by atoms with Gasteiger partial charge in [0, 0.05) is 19.1 Å². The highest BCUT2D eigenvalue weighted by molar-refractivity contribution is 7.91. The fourth-order valence-electron chi connectivity index (χ4n) is 2.45. The number of aromatic nitrogens is 1. The second-order valence-electron chi connectivity index (χ2n) is 5.21. The first-order valence-electron chi connectivity index (χ1n) is 7.16. The van der Waals surface area contributed by atoms with Gasteiger partial charge in [-0.15, -0.1) is 0 Å². The van der Waals surface area contributed by atoms with E-state index in [4.69, 9.17) is 0 Å². The molecule has 0 radical (unpaired) electrons. The van der Waals surface area contributed by atoms with E-state index in [-0.39, 0.29) is 11.8 Å². The van der Waals surface area contributed by atoms with Gasteiger partial charge < -0.3 is 10.2 Å². The summed E-state index contributed by atoms with van der Waals surface area (Å²) < 4.78 is 23.2. The minimum absolute atomic E-state index is 0.235. The van der Waals surface area contributed by atoms with Crippen molar-refractivity contribution in [3.05, 3.63) is 24.0 Å². The molecule has 1 aliphatic rings. The number of rotatable bonds is 4. The van der Waals surface area contributed by atoms with E-state index in [0.29, 0.717) is 18.7 Å². The number of hydrogen-bond donors (Lipinski definition) is 1. The molecule has 6 heteroatoms. The third kappa shape index (κ3) is 3.93. The summed E-state index contributed by atoms with van der Waals surface area (Å²) in [6.07, 6.45) is 2.54. The molecular weight excluding hydrogens is 274 g/mol. The Balaban J connectivity index is 2.06. The van der Waals surface area contributed by atoms with Crippen molar-refractivity contribution in [3.8, 4) is 0 Å². The fraction of sp³-hybridized carbons (Fsp3) is 0.643. The molecular formula is C14H23N3O2S. The SMILES string of the molecule is CCNC(C)c1ccc(N2CCCS(=O)(=O)CC2)cn1. The molecule has 0 amide bonds. The van der Waals surface area contributed by atoms with Crippen LogP contribution >= 0.6 is 0 Å². The molecule has 1 fully saturated rings. The zero-order valence-electron chi connectivity index (χ0n) is 12.2. The molecule has 1 N–H and O–H groups in total. The lowest BCUT2D eigenvalue weighted by atomic mass is 10.2. The van der Waals surface area contributed by atoms with Crippen LogP contribution in [0.5, 0.6) is 0 Å². The molecule has 112 valence electrons. The first-order chi connectivity index (χ1) is 9.52. The Bertz CT molecular complexity index is 528. The highest BCUT2D eigenvalue weighted by Crippen LogP contribution is 2.18. The monoisotopic (exact) mass is 297 g/mol. The van der Waals surface area contributed by atoms with E-state index in [1.165, 1.54) is 0 Å². The molecule has 0 aromatic carbocycles. The van der Waals surface area contributed by atoms with Crippen molar-refractivity contribution in [3.63, 3.8) is 0 Å². The predicted octanol–water partition coefficient (Wildman–Crippen LogP) is 1.38. The maximum absolute atomic E-state index is 11.6. The van der Waals surface area contributed by atoms with Gasteiger partial charge in [0.15, 0.2) is 9.84 Å². The molecule has 1 atom stereocenters. The average Bonchev–Trinajstić information content (AvgIpc) is 2.60. The lowest BCUT2D eigenvalue weighted by Crippen LogP contribution is -2.27. The van der Waals surface area contributed by atoms with Gasteiger partial charge in [-0.05, 0) is 32.0 Å². The maximum atomic E-state index is 11.6. The standard InChI is InChI=1S/C14H23N3O2S/c1-3-15-12(2)14-6-5-13(11-16-14)17-7-4-9-20(18,19)10-8-17/h5-6,11-12,15H,3-4,7-10H2,1-2H3. The van der Waals surface area contributed by atoms with Crippen LogP contribution in [0, 0.1) is 0 Å². The lowest BCUT2D eigenvalue weighted by Gasteiger charge is -2.22. The normalized spacial score (nSPS) is 20.4. The molecule has 0 bridgehead atoms. The van der Waals surface area contributed by atoms with Crippen LogP contribution in [0.4, 0.5) is 5.69 Å². The molecule has 1 saturated heterocycles. The van der Waals surface area contributed by atoms with Gasteiger partial charge in [-0.25, -0.2) is 8.42 Å². The molecule has 0 saturated carbocycles. The Hall–Kier alpha value is -1.14. The number of pyridine rings is 1. The quantitative estimate of drug-likeness (QED) is 0.909. The van der Waals surface area contributed by atoms with Crippen LogP contribution in [0.15, 0.2) is 18.3 Å². The Morgan fingerprint density at radius 3 is 2.80 bits per heavy atom. The van der Waals surface area contributed by atoms with E-state index in [2.05, 4.69) is 29.0 Å². The molecule has 20 heavy (non-hydrogen) atoms. The smallest absolute Gasteiger partial charge is 0.152 e. The zero-order chi connectivity index (χ0) is 14.6. The highest BCUT2D eigenvalue weighted by atomic mass is 32.2. The molecule has 1 aromatic rings. The van der Waals surface area contributed by atoms with Crippen LogP contribution in [0.1, 0.15) is 32.0 Å². The van der Waals surface area contributed by atoms with Crippen molar-refractivity contribution in [2.45, 2.75) is 26.3 Å². The van der Waals surface area contributed by atoms with Gasteiger partial charge in [-0.1, -0.05) is 6.92 Å². The third-order valence-corrected chi connectivity index (χ3v) is 5.36. The van der Waals surface area contributed by atoms with Crippen LogP contribution < -0.4 is 10.2 Å². The van der Waals surface area contributed by atoms with Crippen molar-refractivity contribution >= 4 is 15.5 Å². The van der Waals surface area contributed by atoms with Gasteiger partial charge in [-0.2, -0.15) is 0 Å². The summed E-state index contributed by atoms with van der Waals surface area (Å²) in [5.74, 6) is 0.537. The van der Waals surface area contributed by atoms with Gasteiger partial charge in [0.25, 0.3) is 0 Å². The second-order valence-corrected chi connectivity index (χ2v) is 7.52. The largest absolute Gasteiger partial charge is 0.369 e. The van der Waals surface area contributed by atoms with Crippen molar-refractivity contribution in [2.75, 3.05) is 36.0 Å². The second kappa shape index (κ2) is 6.54. The van der Waals surface area contributed by atoms with Gasteiger partial charge in [0.2, 0.25) is 0 Å². The number of anilines is 1. The molecule has 0 aliphatic carbocycles. The van der Waals surface area contributed by atoms with E-state index < -0.39 is 9.84 Å². The maximum Gasteiger partial charge on any atom is 0.152 e. The van der Waals surface area contributed by atoms with Gasteiger partial charge in [-0.3, -0.25) is 4.98 Å². The fourth-order valence-corrected chi connectivity index (χ4v) is 3.72. The number of nitrogens with zero attached hydrogens (tertiary/aromatic N) is 2. The van der Waals surface area contributed by atoms with Gasteiger partial charge in [0.1, 0.15) is 0 Å². The molecule has 1 unspecified atom stereocenters. The molecule has 2 rings (SSSR count). The van der Waals surface area contributed by atoms with Crippen molar-refractivity contribution < 1.29 is 8.42 Å². The summed E-state index contributed by atoms with van der Waals surface area (Å²) in [4.78, 5) is 6.60. The van der Waals surface area contributed by atoms with E-state index in [1.54, 1.807) is 0 Å². The van der Waals surface area contributed by atoms with E-state index in [9.17, 15) is 8.42 Å². The topological polar surface area (TPSA) is 62.3 Å². The zero-order valence-corrected chi connectivity index (χ0v) is 13.0. The lowest BCUT2D eigenvalue weighted by molar-refractivity contribution is 0.583. The minimum atomic E-state index is -2.86.